The van der Waals surface area contributed by atoms with Gasteiger partial charge < -0.3 is 10.0 Å². The fourth-order valence-electron chi connectivity index (χ4n) is 2.30. The number of carbonyl (C=O) groups is 1. The van der Waals surface area contributed by atoms with Crippen LogP contribution in [0.15, 0.2) is 24.3 Å². The van der Waals surface area contributed by atoms with Crippen LogP contribution in [0, 0.1) is 6.92 Å². The lowest BCUT2D eigenvalue weighted by Gasteiger charge is -2.23. The summed E-state index contributed by atoms with van der Waals surface area (Å²) in [5.41, 5.74) is 2.20. The third-order valence-electron chi connectivity index (χ3n) is 3.51. The Morgan fingerprint density at radius 1 is 1.05 bits per heavy atom. The van der Waals surface area contributed by atoms with E-state index in [2.05, 4.69) is 6.92 Å². The normalized spacial score (nSPS) is 10.5. The molecule has 0 aliphatic rings. The van der Waals surface area contributed by atoms with Crippen molar-refractivity contribution < 1.29 is 9.90 Å². The molecular formula is C17H27NO2. The Morgan fingerprint density at radius 3 is 2.25 bits per heavy atom. The molecule has 1 aromatic carbocycles. The number of nitrogens with zero attached hydrogens (tertiary/aromatic N) is 1. The van der Waals surface area contributed by atoms with Gasteiger partial charge in [0.05, 0.1) is 0 Å². The highest BCUT2D eigenvalue weighted by molar-refractivity contribution is 5.73. The topological polar surface area (TPSA) is 40.5 Å². The van der Waals surface area contributed by atoms with Crippen molar-refractivity contribution in [2.45, 2.75) is 52.4 Å². The first-order valence-corrected chi connectivity index (χ1v) is 7.67. The predicted octanol–water partition coefficient (Wildman–Crippen LogP) is 4.25. The fraction of sp³-hybridized carbons (Fsp3) is 0.588. The quantitative estimate of drug-likeness (QED) is 0.650. The van der Waals surface area contributed by atoms with Crippen molar-refractivity contribution in [2.75, 3.05) is 18.0 Å². The van der Waals surface area contributed by atoms with Crippen LogP contribution in [0.1, 0.15) is 51.0 Å². The fourth-order valence-corrected chi connectivity index (χ4v) is 2.30. The van der Waals surface area contributed by atoms with Crippen molar-refractivity contribution in [3.63, 3.8) is 0 Å². The SMILES string of the molecule is CCCCCCCCN(CC(=O)O)c1ccc(C)cc1. The van der Waals surface area contributed by atoms with Gasteiger partial charge in [-0.2, -0.15) is 0 Å². The van der Waals surface area contributed by atoms with Gasteiger partial charge in [-0.05, 0) is 25.5 Å². The molecule has 3 heteroatoms. The van der Waals surface area contributed by atoms with E-state index in [0.717, 1.165) is 18.7 Å². The highest BCUT2D eigenvalue weighted by atomic mass is 16.4. The Labute approximate surface area is 122 Å². The number of carboxylic acids is 1. The number of hydrogen-bond acceptors (Lipinski definition) is 2. The van der Waals surface area contributed by atoms with Gasteiger partial charge in [0.1, 0.15) is 6.54 Å². The first kappa shape index (κ1) is 16.5. The molecular weight excluding hydrogens is 250 g/mol. The van der Waals surface area contributed by atoms with E-state index in [4.69, 9.17) is 5.11 Å². The van der Waals surface area contributed by atoms with Crippen LogP contribution in [-0.4, -0.2) is 24.2 Å². The van der Waals surface area contributed by atoms with E-state index in [9.17, 15) is 4.79 Å². The molecule has 0 amide bonds. The summed E-state index contributed by atoms with van der Waals surface area (Å²) in [4.78, 5) is 12.9. The lowest BCUT2D eigenvalue weighted by Crippen LogP contribution is -2.30. The summed E-state index contributed by atoms with van der Waals surface area (Å²) in [5.74, 6) is -0.767. The van der Waals surface area contributed by atoms with Gasteiger partial charge in [0.25, 0.3) is 0 Å². The zero-order chi connectivity index (χ0) is 14.8. The average Bonchev–Trinajstić information content (AvgIpc) is 2.42. The van der Waals surface area contributed by atoms with Crippen LogP contribution >= 0.6 is 0 Å². The second-order valence-electron chi connectivity index (χ2n) is 5.42. The maximum Gasteiger partial charge on any atom is 0.323 e. The number of aryl methyl sites for hydroxylation is 1. The number of hydrogen-bond donors (Lipinski definition) is 1. The van der Waals surface area contributed by atoms with E-state index >= 15 is 0 Å². The standard InChI is InChI=1S/C17H27NO2/c1-3-4-5-6-7-8-13-18(14-17(19)20)16-11-9-15(2)10-12-16/h9-12H,3-8,13-14H2,1-2H3,(H,19,20). The van der Waals surface area contributed by atoms with Gasteiger partial charge in [-0.15, -0.1) is 0 Å². The summed E-state index contributed by atoms with van der Waals surface area (Å²) < 4.78 is 0. The van der Waals surface area contributed by atoms with Crippen LogP contribution in [0.25, 0.3) is 0 Å². The van der Waals surface area contributed by atoms with Gasteiger partial charge in [-0.3, -0.25) is 4.79 Å². The lowest BCUT2D eigenvalue weighted by molar-refractivity contribution is -0.135. The van der Waals surface area contributed by atoms with Crippen LogP contribution in [-0.2, 0) is 4.79 Å². The molecule has 1 N–H and O–H groups in total. The maximum absolute atomic E-state index is 11.0. The van der Waals surface area contributed by atoms with Crippen LogP contribution in [0.4, 0.5) is 5.69 Å². The molecule has 0 spiro atoms. The Balaban J connectivity index is 2.44. The van der Waals surface area contributed by atoms with Gasteiger partial charge >= 0.3 is 5.97 Å². The Morgan fingerprint density at radius 2 is 1.65 bits per heavy atom. The van der Waals surface area contributed by atoms with E-state index in [1.165, 1.54) is 37.7 Å². The second-order valence-corrected chi connectivity index (χ2v) is 5.42. The molecule has 0 heterocycles. The second kappa shape index (κ2) is 9.40. The summed E-state index contributed by atoms with van der Waals surface area (Å²) >= 11 is 0. The number of unbranched alkanes of at least 4 members (excludes halogenated alkanes) is 5. The van der Waals surface area contributed by atoms with Crippen molar-refractivity contribution in [1.29, 1.82) is 0 Å². The van der Waals surface area contributed by atoms with Crippen molar-refractivity contribution in [1.82, 2.24) is 0 Å². The largest absolute Gasteiger partial charge is 0.480 e. The molecule has 3 nitrogen and oxygen atoms in total. The highest BCUT2D eigenvalue weighted by Gasteiger charge is 2.10. The van der Waals surface area contributed by atoms with E-state index < -0.39 is 5.97 Å². The molecule has 0 aliphatic carbocycles. The first-order chi connectivity index (χ1) is 9.63. The van der Waals surface area contributed by atoms with Crippen molar-refractivity contribution in [3.8, 4) is 0 Å². The minimum Gasteiger partial charge on any atom is -0.480 e. The molecule has 0 radical (unpaired) electrons. The van der Waals surface area contributed by atoms with Crippen LogP contribution in [0.3, 0.4) is 0 Å². The molecule has 112 valence electrons. The minimum atomic E-state index is -0.767. The molecule has 0 fully saturated rings. The molecule has 0 unspecified atom stereocenters. The highest BCUT2D eigenvalue weighted by Crippen LogP contribution is 2.16. The number of aliphatic carboxylic acids is 1. The molecule has 0 saturated heterocycles. The van der Waals surface area contributed by atoms with E-state index in [0.29, 0.717) is 0 Å². The summed E-state index contributed by atoms with van der Waals surface area (Å²) in [6.07, 6.45) is 7.35. The Kier molecular flexibility index (Phi) is 7.78. The lowest BCUT2D eigenvalue weighted by atomic mass is 10.1. The first-order valence-electron chi connectivity index (χ1n) is 7.67. The summed E-state index contributed by atoms with van der Waals surface area (Å²) in [7, 11) is 0. The molecule has 0 aromatic heterocycles. The van der Waals surface area contributed by atoms with Crippen molar-refractivity contribution in [3.05, 3.63) is 29.8 Å². The number of benzene rings is 1. The zero-order valence-electron chi connectivity index (χ0n) is 12.8. The molecule has 20 heavy (non-hydrogen) atoms. The molecule has 1 rings (SSSR count). The van der Waals surface area contributed by atoms with Gasteiger partial charge in [-0.25, -0.2) is 0 Å². The Bertz CT molecular complexity index is 386. The summed E-state index contributed by atoms with van der Waals surface area (Å²) in [5, 5.41) is 9.03. The van der Waals surface area contributed by atoms with Gasteiger partial charge in [0, 0.05) is 12.2 Å². The van der Waals surface area contributed by atoms with E-state index in [-0.39, 0.29) is 6.54 Å². The number of anilines is 1. The van der Waals surface area contributed by atoms with E-state index in [1.807, 2.05) is 36.1 Å². The smallest absolute Gasteiger partial charge is 0.323 e. The summed E-state index contributed by atoms with van der Waals surface area (Å²) in [6, 6.07) is 8.08. The predicted molar refractivity (Wildman–Crippen MR) is 84.4 cm³/mol. The number of carboxylic acid groups (broad SMARTS) is 1. The molecule has 0 atom stereocenters. The molecule has 0 aliphatic heterocycles. The van der Waals surface area contributed by atoms with Crippen LogP contribution in [0.2, 0.25) is 0 Å². The third kappa shape index (κ3) is 6.60. The molecule has 0 bridgehead atoms. The average molecular weight is 277 g/mol. The summed E-state index contributed by atoms with van der Waals surface area (Å²) in [6.45, 7) is 5.16. The third-order valence-corrected chi connectivity index (χ3v) is 3.51. The van der Waals surface area contributed by atoms with Gasteiger partial charge in [0.2, 0.25) is 0 Å². The van der Waals surface area contributed by atoms with Gasteiger partial charge in [0.15, 0.2) is 0 Å². The minimum absolute atomic E-state index is 0.0814. The van der Waals surface area contributed by atoms with Crippen LogP contribution in [0.5, 0.6) is 0 Å². The van der Waals surface area contributed by atoms with Crippen molar-refractivity contribution >= 4 is 11.7 Å². The molecule has 0 saturated carbocycles. The van der Waals surface area contributed by atoms with Crippen molar-refractivity contribution in [2.24, 2.45) is 0 Å². The maximum atomic E-state index is 11.0. The van der Waals surface area contributed by atoms with Gasteiger partial charge in [-0.1, -0.05) is 56.7 Å². The number of rotatable bonds is 10. The van der Waals surface area contributed by atoms with Crippen LogP contribution < -0.4 is 4.90 Å². The zero-order valence-corrected chi connectivity index (χ0v) is 12.8. The Hall–Kier alpha value is -1.51. The van der Waals surface area contributed by atoms with E-state index in [1.54, 1.807) is 0 Å². The monoisotopic (exact) mass is 277 g/mol. The molecule has 1 aromatic rings.